The van der Waals surface area contributed by atoms with Crippen molar-refractivity contribution in [3.63, 3.8) is 0 Å². The number of benzene rings is 1. The number of nitrogens with one attached hydrogen (secondary N) is 3. The first-order valence-electron chi connectivity index (χ1n) is 9.13. The van der Waals surface area contributed by atoms with Crippen molar-refractivity contribution in [2.45, 2.75) is 32.6 Å². The average Bonchev–Trinajstić information content (AvgIpc) is 2.62. The van der Waals surface area contributed by atoms with Crippen LogP contribution in [0.2, 0.25) is 0 Å². The van der Waals surface area contributed by atoms with E-state index in [0.29, 0.717) is 29.5 Å². The maximum Gasteiger partial charge on any atom is 0.251 e. The summed E-state index contributed by atoms with van der Waals surface area (Å²) >= 11 is 0. The summed E-state index contributed by atoms with van der Waals surface area (Å²) in [6.45, 7) is 4.35. The van der Waals surface area contributed by atoms with Crippen molar-refractivity contribution in [2.24, 2.45) is 17.6 Å². The molecule has 1 aromatic carbocycles. The van der Waals surface area contributed by atoms with Gasteiger partial charge in [0.25, 0.3) is 5.91 Å². The van der Waals surface area contributed by atoms with Gasteiger partial charge in [0.2, 0.25) is 11.8 Å². The van der Waals surface area contributed by atoms with Gasteiger partial charge in [-0.15, -0.1) is 0 Å². The predicted octanol–water partition coefficient (Wildman–Crippen LogP) is 1.26. The van der Waals surface area contributed by atoms with Crippen LogP contribution in [0.1, 0.15) is 43.0 Å². The van der Waals surface area contributed by atoms with E-state index in [1.165, 1.54) is 0 Å². The molecule has 7 nitrogen and oxygen atoms in total. The second-order valence-electron chi connectivity index (χ2n) is 6.87. The van der Waals surface area contributed by atoms with Crippen LogP contribution < -0.4 is 21.7 Å². The highest BCUT2D eigenvalue weighted by molar-refractivity contribution is 5.97. The lowest BCUT2D eigenvalue weighted by atomic mass is 9.84. The SMILES string of the molecule is CC(CC(=O)Nc1cccc(C(=O)NCCC(N)=O)c1)C1CCNCC1. The molecule has 1 aliphatic heterocycles. The number of rotatable bonds is 8. The molecule has 1 unspecified atom stereocenters. The Morgan fingerprint density at radius 2 is 2.00 bits per heavy atom. The number of nitrogens with two attached hydrogens (primary N) is 1. The second kappa shape index (κ2) is 9.91. The van der Waals surface area contributed by atoms with Gasteiger partial charge in [0.05, 0.1) is 0 Å². The van der Waals surface area contributed by atoms with Crippen LogP contribution in [0.15, 0.2) is 24.3 Å². The number of piperidine rings is 1. The molecular formula is C19H28N4O3. The lowest BCUT2D eigenvalue weighted by Gasteiger charge is -2.27. The molecule has 1 heterocycles. The Kier molecular flexibility index (Phi) is 7.59. The number of anilines is 1. The van der Waals surface area contributed by atoms with Gasteiger partial charge in [-0.05, 0) is 56.0 Å². The number of carbonyl (C=O) groups excluding carboxylic acids is 3. The molecule has 1 aromatic rings. The smallest absolute Gasteiger partial charge is 0.251 e. The minimum absolute atomic E-state index is 0.0395. The Bertz CT molecular complexity index is 641. The molecule has 1 atom stereocenters. The van der Waals surface area contributed by atoms with Gasteiger partial charge >= 0.3 is 0 Å². The quantitative estimate of drug-likeness (QED) is 0.559. The molecule has 0 saturated carbocycles. The van der Waals surface area contributed by atoms with Gasteiger partial charge in [-0.3, -0.25) is 14.4 Å². The molecule has 142 valence electrons. The van der Waals surface area contributed by atoms with E-state index in [4.69, 9.17) is 5.73 Å². The Balaban J connectivity index is 1.85. The second-order valence-corrected chi connectivity index (χ2v) is 6.87. The van der Waals surface area contributed by atoms with Crippen molar-refractivity contribution in [3.05, 3.63) is 29.8 Å². The Hall–Kier alpha value is -2.41. The monoisotopic (exact) mass is 360 g/mol. The van der Waals surface area contributed by atoms with Crippen LogP contribution in [0, 0.1) is 11.8 Å². The molecule has 1 saturated heterocycles. The van der Waals surface area contributed by atoms with Gasteiger partial charge in [-0.2, -0.15) is 0 Å². The van der Waals surface area contributed by atoms with E-state index in [1.54, 1.807) is 24.3 Å². The fourth-order valence-electron chi connectivity index (χ4n) is 3.22. The Labute approximate surface area is 154 Å². The molecular weight excluding hydrogens is 332 g/mol. The highest BCUT2D eigenvalue weighted by Crippen LogP contribution is 2.24. The standard InChI is InChI=1S/C19H28N4O3/c1-13(14-5-8-21-9-6-14)11-18(25)23-16-4-2-3-15(12-16)19(26)22-10-7-17(20)24/h2-4,12-14,21H,5-11H2,1H3,(H2,20,24)(H,22,26)(H,23,25). The third-order valence-corrected chi connectivity index (χ3v) is 4.76. The summed E-state index contributed by atoms with van der Waals surface area (Å²) in [5.74, 6) is 0.101. The molecule has 7 heteroatoms. The Morgan fingerprint density at radius 1 is 1.27 bits per heavy atom. The van der Waals surface area contributed by atoms with E-state index in [1.807, 2.05) is 0 Å². The van der Waals surface area contributed by atoms with Crippen LogP contribution in [0.3, 0.4) is 0 Å². The number of amides is 3. The van der Waals surface area contributed by atoms with Crippen LogP contribution in [0.5, 0.6) is 0 Å². The molecule has 3 amide bonds. The fourth-order valence-corrected chi connectivity index (χ4v) is 3.22. The molecule has 0 radical (unpaired) electrons. The van der Waals surface area contributed by atoms with E-state index >= 15 is 0 Å². The van der Waals surface area contributed by atoms with E-state index in [2.05, 4.69) is 22.9 Å². The number of carbonyl (C=O) groups is 3. The largest absolute Gasteiger partial charge is 0.370 e. The molecule has 0 bridgehead atoms. The van der Waals surface area contributed by atoms with Gasteiger partial charge in [-0.1, -0.05) is 13.0 Å². The van der Waals surface area contributed by atoms with Crippen LogP contribution in [-0.2, 0) is 9.59 Å². The summed E-state index contributed by atoms with van der Waals surface area (Å²) in [6, 6.07) is 6.77. The first-order valence-corrected chi connectivity index (χ1v) is 9.13. The summed E-state index contributed by atoms with van der Waals surface area (Å²) in [6.07, 6.45) is 2.78. The molecule has 1 fully saturated rings. The molecule has 0 aromatic heterocycles. The molecule has 26 heavy (non-hydrogen) atoms. The summed E-state index contributed by atoms with van der Waals surface area (Å²) in [4.78, 5) is 35.1. The molecule has 1 aliphatic rings. The van der Waals surface area contributed by atoms with Crippen molar-refractivity contribution < 1.29 is 14.4 Å². The van der Waals surface area contributed by atoms with Gasteiger partial charge in [-0.25, -0.2) is 0 Å². The van der Waals surface area contributed by atoms with Crippen LogP contribution >= 0.6 is 0 Å². The highest BCUT2D eigenvalue weighted by atomic mass is 16.2. The molecule has 5 N–H and O–H groups in total. The van der Waals surface area contributed by atoms with E-state index in [-0.39, 0.29) is 24.8 Å². The van der Waals surface area contributed by atoms with E-state index in [0.717, 1.165) is 25.9 Å². The summed E-state index contributed by atoms with van der Waals surface area (Å²) in [5, 5.41) is 8.84. The third kappa shape index (κ3) is 6.48. The number of primary amides is 1. The van der Waals surface area contributed by atoms with Gasteiger partial charge < -0.3 is 21.7 Å². The Morgan fingerprint density at radius 3 is 2.69 bits per heavy atom. The average molecular weight is 360 g/mol. The topological polar surface area (TPSA) is 113 Å². The predicted molar refractivity (Wildman–Crippen MR) is 101 cm³/mol. The zero-order valence-electron chi connectivity index (χ0n) is 15.2. The molecule has 0 spiro atoms. The third-order valence-electron chi connectivity index (χ3n) is 4.76. The normalized spacial score (nSPS) is 15.9. The maximum absolute atomic E-state index is 12.3. The van der Waals surface area contributed by atoms with Crippen LogP contribution in [-0.4, -0.2) is 37.4 Å². The van der Waals surface area contributed by atoms with Crippen LogP contribution in [0.25, 0.3) is 0 Å². The minimum Gasteiger partial charge on any atom is -0.370 e. The van der Waals surface area contributed by atoms with Crippen molar-refractivity contribution in [1.29, 1.82) is 0 Å². The van der Waals surface area contributed by atoms with Gasteiger partial charge in [0.15, 0.2) is 0 Å². The number of hydrogen-bond donors (Lipinski definition) is 4. The first kappa shape index (κ1) is 19.9. The summed E-state index contributed by atoms with van der Waals surface area (Å²) in [7, 11) is 0. The van der Waals surface area contributed by atoms with Crippen molar-refractivity contribution >= 4 is 23.4 Å². The minimum atomic E-state index is -0.464. The van der Waals surface area contributed by atoms with Crippen molar-refractivity contribution in [1.82, 2.24) is 10.6 Å². The first-order chi connectivity index (χ1) is 12.5. The van der Waals surface area contributed by atoms with E-state index in [9.17, 15) is 14.4 Å². The summed E-state index contributed by atoms with van der Waals surface area (Å²) < 4.78 is 0. The number of hydrogen-bond acceptors (Lipinski definition) is 4. The van der Waals surface area contributed by atoms with E-state index < -0.39 is 5.91 Å². The zero-order valence-corrected chi connectivity index (χ0v) is 15.2. The maximum atomic E-state index is 12.3. The highest BCUT2D eigenvalue weighted by Gasteiger charge is 2.22. The van der Waals surface area contributed by atoms with Crippen molar-refractivity contribution in [3.8, 4) is 0 Å². The lowest BCUT2D eigenvalue weighted by molar-refractivity contribution is -0.118. The van der Waals surface area contributed by atoms with Gasteiger partial charge in [0.1, 0.15) is 0 Å². The van der Waals surface area contributed by atoms with Crippen molar-refractivity contribution in [2.75, 3.05) is 25.0 Å². The van der Waals surface area contributed by atoms with Gasteiger partial charge in [0, 0.05) is 30.6 Å². The zero-order chi connectivity index (χ0) is 18.9. The van der Waals surface area contributed by atoms with Crippen LogP contribution in [0.4, 0.5) is 5.69 Å². The molecule has 0 aliphatic carbocycles. The summed E-state index contributed by atoms with van der Waals surface area (Å²) in [5.41, 5.74) is 6.07. The lowest BCUT2D eigenvalue weighted by Crippen LogP contribution is -2.32. The fraction of sp³-hybridized carbons (Fsp3) is 0.526. The molecule has 2 rings (SSSR count).